The molecule has 2 aromatic carbocycles. The van der Waals surface area contributed by atoms with Crippen LogP contribution in [0.25, 0.3) is 22.0 Å². The fourth-order valence-electron chi connectivity index (χ4n) is 3.12. The lowest BCUT2D eigenvalue weighted by molar-refractivity contribution is -0.659. The predicted octanol–water partition coefficient (Wildman–Crippen LogP) is 5.38. The summed E-state index contributed by atoms with van der Waals surface area (Å²) in [6, 6.07) is 12.0. The number of aromatic nitrogens is 1. The van der Waals surface area contributed by atoms with E-state index in [-0.39, 0.29) is 0 Å². The quantitative estimate of drug-likeness (QED) is 0.560. The Kier molecular flexibility index (Phi) is 2.88. The number of rotatable bonds is 2. The number of hydrogen-bond acceptors (Lipinski definition) is 0. The van der Waals surface area contributed by atoms with Gasteiger partial charge in [-0.05, 0) is 60.8 Å². The number of benzene rings is 2. The highest BCUT2D eigenvalue weighted by Crippen LogP contribution is 2.31. The molecule has 0 aliphatic carbocycles. The summed E-state index contributed by atoms with van der Waals surface area (Å²) in [7, 11) is 1.98. The molecule has 1 heteroatoms. The Morgan fingerprint density at radius 1 is 1.09 bits per heavy atom. The van der Waals surface area contributed by atoms with Gasteiger partial charge in [0.05, 0.1) is 10.9 Å². The average Bonchev–Trinajstić information content (AvgIpc) is 2.54. The van der Waals surface area contributed by atoms with Crippen LogP contribution in [0, 0.1) is 20.7 Å². The van der Waals surface area contributed by atoms with Gasteiger partial charge in [0, 0.05) is 11.5 Å². The summed E-state index contributed by atoms with van der Waals surface area (Å²) in [4.78, 5) is 0. The molecular weight excluding hydrogens is 278 g/mol. The Morgan fingerprint density at radius 3 is 2.57 bits per heavy atom. The molecule has 0 amide bonds. The normalized spacial score (nSPS) is 15.0. The van der Waals surface area contributed by atoms with Gasteiger partial charge in [-0.15, -0.1) is 0 Å². The molecule has 0 aliphatic heterocycles. The zero-order valence-electron chi connectivity index (χ0n) is 18.5. The summed E-state index contributed by atoms with van der Waals surface area (Å²) < 4.78 is 34.0. The molecule has 118 valence electrons. The van der Waals surface area contributed by atoms with Crippen molar-refractivity contribution >= 4 is 10.8 Å². The molecule has 3 aromatic rings. The summed E-state index contributed by atoms with van der Waals surface area (Å²) in [6.07, 6.45) is 2.00. The summed E-state index contributed by atoms with van der Waals surface area (Å²) in [5.74, 6) is -0.667. The van der Waals surface area contributed by atoms with E-state index in [9.17, 15) is 0 Å². The standard InChI is InChI=1S/C22H26N/c1-14(2)18-7-8-20-19(13-18)9-10-23(6)22(20)21-12-15(3)11-16(4)17(21)5/h7-14H,1-6H3/q+1/i4D3,14D. The molecule has 1 nitrogen and oxygen atoms in total. The summed E-state index contributed by atoms with van der Waals surface area (Å²) in [5, 5.41) is 2.11. The molecule has 0 saturated heterocycles. The van der Waals surface area contributed by atoms with Gasteiger partial charge in [0.1, 0.15) is 7.05 Å². The minimum absolute atomic E-state index is 0.401. The highest BCUT2D eigenvalue weighted by Gasteiger charge is 2.18. The van der Waals surface area contributed by atoms with Crippen molar-refractivity contribution < 1.29 is 10.1 Å². The molecule has 0 radical (unpaired) electrons. The van der Waals surface area contributed by atoms with E-state index in [0.29, 0.717) is 5.56 Å². The first-order valence-electron chi connectivity index (χ1n) is 9.94. The van der Waals surface area contributed by atoms with Crippen LogP contribution in [-0.4, -0.2) is 0 Å². The molecule has 23 heavy (non-hydrogen) atoms. The van der Waals surface area contributed by atoms with Crippen molar-refractivity contribution in [2.75, 3.05) is 0 Å². The summed E-state index contributed by atoms with van der Waals surface area (Å²) in [6.45, 7) is 5.44. The van der Waals surface area contributed by atoms with Crippen molar-refractivity contribution in [3.63, 3.8) is 0 Å². The van der Waals surface area contributed by atoms with Gasteiger partial charge in [-0.1, -0.05) is 37.6 Å². The topological polar surface area (TPSA) is 3.88 Å². The Labute approximate surface area is 145 Å². The van der Waals surface area contributed by atoms with Crippen LogP contribution in [0.15, 0.2) is 42.6 Å². The maximum Gasteiger partial charge on any atom is 0.220 e. The van der Waals surface area contributed by atoms with Gasteiger partial charge < -0.3 is 0 Å². The van der Waals surface area contributed by atoms with Crippen LogP contribution in [0.4, 0.5) is 0 Å². The number of pyridine rings is 1. The second-order valence-electron chi connectivity index (χ2n) is 6.56. The van der Waals surface area contributed by atoms with Crippen molar-refractivity contribution in [2.45, 2.75) is 40.4 Å². The largest absolute Gasteiger partial charge is 0.220 e. The molecule has 0 unspecified atom stereocenters. The Balaban J connectivity index is 2.35. The van der Waals surface area contributed by atoms with Gasteiger partial charge in [0.15, 0.2) is 6.20 Å². The second kappa shape index (κ2) is 5.81. The highest BCUT2D eigenvalue weighted by atomic mass is 14.9. The molecule has 1 heterocycles. The maximum atomic E-state index is 8.30. The molecule has 0 bridgehead atoms. The first kappa shape index (κ1) is 11.4. The zero-order chi connectivity index (χ0) is 20.1. The fraction of sp³-hybridized carbons (Fsp3) is 0.318. The third-order valence-electron chi connectivity index (χ3n) is 4.52. The van der Waals surface area contributed by atoms with Gasteiger partial charge in [-0.2, -0.15) is 0 Å². The van der Waals surface area contributed by atoms with Crippen molar-refractivity contribution in [1.82, 2.24) is 0 Å². The number of fused-ring (bicyclic) bond motifs is 1. The lowest BCUT2D eigenvalue weighted by atomic mass is 9.93. The molecule has 3 rings (SSSR count). The van der Waals surface area contributed by atoms with E-state index in [4.69, 9.17) is 5.48 Å². The first-order chi connectivity index (χ1) is 12.4. The number of hydrogen-bond donors (Lipinski definition) is 0. The molecule has 1 aromatic heterocycles. The van der Waals surface area contributed by atoms with Crippen LogP contribution < -0.4 is 4.57 Å². The third kappa shape index (κ3) is 2.76. The number of nitrogens with zero attached hydrogens (tertiary/aromatic N) is 1. The van der Waals surface area contributed by atoms with Gasteiger partial charge in [-0.3, -0.25) is 0 Å². The average molecular weight is 308 g/mol. The van der Waals surface area contributed by atoms with E-state index in [1.807, 2.05) is 63.7 Å². The minimum atomic E-state index is -2.14. The summed E-state index contributed by atoms with van der Waals surface area (Å²) in [5.41, 5.74) is 5.01. The monoisotopic (exact) mass is 308 g/mol. The van der Waals surface area contributed by atoms with Gasteiger partial charge in [0.2, 0.25) is 5.69 Å². The van der Waals surface area contributed by atoms with Crippen molar-refractivity contribution in [1.29, 1.82) is 0 Å². The van der Waals surface area contributed by atoms with Gasteiger partial charge >= 0.3 is 0 Å². The van der Waals surface area contributed by atoms with E-state index in [2.05, 4.69) is 12.1 Å². The van der Waals surface area contributed by atoms with Gasteiger partial charge in [-0.25, -0.2) is 4.57 Å². The minimum Gasteiger partial charge on any atom is -0.200 e. The van der Waals surface area contributed by atoms with E-state index in [1.165, 1.54) is 0 Å². The van der Waals surface area contributed by atoms with Gasteiger partial charge in [0.25, 0.3) is 0 Å². The van der Waals surface area contributed by atoms with Crippen LogP contribution in [0.5, 0.6) is 0 Å². The van der Waals surface area contributed by atoms with E-state index in [0.717, 1.165) is 38.7 Å². The van der Waals surface area contributed by atoms with Crippen LogP contribution in [0.1, 0.15) is 47.5 Å². The van der Waals surface area contributed by atoms with Crippen molar-refractivity contribution in [3.05, 3.63) is 64.8 Å². The molecule has 0 fully saturated rings. The lowest BCUT2D eigenvalue weighted by Gasteiger charge is -2.12. The van der Waals surface area contributed by atoms with E-state index in [1.54, 1.807) is 6.07 Å². The van der Waals surface area contributed by atoms with Crippen LogP contribution in [0.2, 0.25) is 0 Å². The molecule has 0 saturated carbocycles. The molecule has 0 atom stereocenters. The van der Waals surface area contributed by atoms with Crippen LogP contribution >= 0.6 is 0 Å². The molecular formula is C22H26N+. The predicted molar refractivity (Wildman–Crippen MR) is 98.9 cm³/mol. The SMILES string of the molecule is [2H]C([2H])([2H])c1cc(C)cc(-c2c3ccc(C([2H])(C)C)cc3cc[n+]2C)c1C. The fourth-order valence-corrected chi connectivity index (χ4v) is 3.12. The molecule has 0 aliphatic rings. The summed E-state index contributed by atoms with van der Waals surface area (Å²) >= 11 is 0. The lowest BCUT2D eigenvalue weighted by Crippen LogP contribution is -2.30. The van der Waals surface area contributed by atoms with Crippen molar-refractivity contribution in [3.8, 4) is 11.3 Å². The smallest absolute Gasteiger partial charge is 0.200 e. The Morgan fingerprint density at radius 2 is 1.87 bits per heavy atom. The third-order valence-corrected chi connectivity index (χ3v) is 4.52. The molecule has 0 spiro atoms. The van der Waals surface area contributed by atoms with E-state index < -0.39 is 12.7 Å². The highest BCUT2D eigenvalue weighted by molar-refractivity contribution is 5.94. The first-order valence-corrected chi connectivity index (χ1v) is 7.94. The van der Waals surface area contributed by atoms with Crippen LogP contribution in [0.3, 0.4) is 0 Å². The maximum absolute atomic E-state index is 8.30. The Bertz CT molecular complexity index is 1030. The number of aryl methyl sites for hydroxylation is 3. The van der Waals surface area contributed by atoms with E-state index >= 15 is 0 Å². The Hall–Kier alpha value is -2.15. The second-order valence-corrected chi connectivity index (χ2v) is 6.56. The van der Waals surface area contributed by atoms with Crippen LogP contribution in [-0.2, 0) is 7.05 Å². The zero-order valence-corrected chi connectivity index (χ0v) is 14.5. The molecule has 0 N–H and O–H groups in total. The van der Waals surface area contributed by atoms with Crippen molar-refractivity contribution in [2.24, 2.45) is 7.05 Å².